The van der Waals surface area contributed by atoms with Crippen LogP contribution >= 0.6 is 0 Å². The standard InChI is InChI=1S/C17H21F6NO4/c1-5-8(4)9-10(14(25)27-6-2)12(16(18,19)20)24-13(17(21,22)23)11(9)15(26)28-7-3/h8-9,24H,5-7H2,1-4H3. The number of carbonyl (C=O) groups excluding carboxylic acids is 2. The van der Waals surface area contributed by atoms with E-state index >= 15 is 0 Å². The molecule has 0 aromatic heterocycles. The Hall–Kier alpha value is -2.20. The first-order valence-corrected chi connectivity index (χ1v) is 8.55. The average molecular weight is 417 g/mol. The molecule has 0 saturated carbocycles. The monoisotopic (exact) mass is 417 g/mol. The zero-order chi connectivity index (χ0) is 21.9. The summed E-state index contributed by atoms with van der Waals surface area (Å²) in [6.45, 7) is 4.93. The number of hydrogen-bond donors (Lipinski definition) is 1. The molecule has 1 heterocycles. The summed E-state index contributed by atoms with van der Waals surface area (Å²) in [6, 6.07) is 0. The van der Waals surface area contributed by atoms with Gasteiger partial charge >= 0.3 is 24.3 Å². The van der Waals surface area contributed by atoms with Crippen LogP contribution in [-0.4, -0.2) is 37.5 Å². The first kappa shape index (κ1) is 23.8. The number of hydrogen-bond acceptors (Lipinski definition) is 5. The molecule has 0 radical (unpaired) electrons. The summed E-state index contributed by atoms with van der Waals surface area (Å²) < 4.78 is 90.5. The van der Waals surface area contributed by atoms with Gasteiger partial charge in [-0.25, -0.2) is 9.59 Å². The van der Waals surface area contributed by atoms with E-state index in [1.807, 2.05) is 0 Å². The molecule has 28 heavy (non-hydrogen) atoms. The van der Waals surface area contributed by atoms with Crippen LogP contribution in [0.2, 0.25) is 0 Å². The van der Waals surface area contributed by atoms with Crippen molar-refractivity contribution in [3.63, 3.8) is 0 Å². The molecule has 0 spiro atoms. The number of halogens is 6. The van der Waals surface area contributed by atoms with Crippen molar-refractivity contribution in [2.24, 2.45) is 11.8 Å². The molecule has 0 amide bonds. The van der Waals surface area contributed by atoms with Gasteiger partial charge in [-0.2, -0.15) is 26.3 Å². The predicted octanol–water partition coefficient (Wildman–Crippen LogP) is 4.01. The molecule has 1 atom stereocenters. The summed E-state index contributed by atoms with van der Waals surface area (Å²) in [5, 5.41) is 1.23. The highest BCUT2D eigenvalue weighted by atomic mass is 19.4. The maximum atomic E-state index is 13.5. The van der Waals surface area contributed by atoms with Crippen molar-refractivity contribution >= 4 is 11.9 Å². The van der Waals surface area contributed by atoms with Crippen LogP contribution < -0.4 is 5.32 Å². The zero-order valence-electron chi connectivity index (χ0n) is 15.7. The Labute approximate surface area is 157 Å². The summed E-state index contributed by atoms with van der Waals surface area (Å²) in [5.41, 5.74) is -5.92. The fourth-order valence-corrected chi connectivity index (χ4v) is 2.84. The number of ether oxygens (including phenoxy) is 2. The van der Waals surface area contributed by atoms with Gasteiger partial charge in [-0.1, -0.05) is 20.3 Å². The highest BCUT2D eigenvalue weighted by Gasteiger charge is 2.53. The molecule has 11 heteroatoms. The normalized spacial score (nSPS) is 17.4. The largest absolute Gasteiger partial charge is 0.463 e. The van der Waals surface area contributed by atoms with Crippen LogP contribution in [0.5, 0.6) is 0 Å². The van der Waals surface area contributed by atoms with Crippen LogP contribution in [0.4, 0.5) is 26.3 Å². The molecule has 1 N–H and O–H groups in total. The summed E-state index contributed by atoms with van der Waals surface area (Å²) in [5.74, 6) is -5.63. The molecule has 1 rings (SSSR count). The van der Waals surface area contributed by atoms with E-state index in [0.717, 1.165) is 0 Å². The van der Waals surface area contributed by atoms with Gasteiger partial charge in [0.05, 0.1) is 24.4 Å². The van der Waals surface area contributed by atoms with Crippen molar-refractivity contribution < 1.29 is 45.4 Å². The summed E-state index contributed by atoms with van der Waals surface area (Å²) >= 11 is 0. The van der Waals surface area contributed by atoms with Gasteiger partial charge in [-0.15, -0.1) is 0 Å². The maximum absolute atomic E-state index is 13.5. The van der Waals surface area contributed by atoms with E-state index in [9.17, 15) is 35.9 Å². The Balaban J connectivity index is 3.89. The lowest BCUT2D eigenvalue weighted by Gasteiger charge is -2.35. The molecule has 160 valence electrons. The molecule has 0 bridgehead atoms. The van der Waals surface area contributed by atoms with Crippen molar-refractivity contribution in [3.05, 3.63) is 22.5 Å². The summed E-state index contributed by atoms with van der Waals surface area (Å²) in [7, 11) is 0. The Kier molecular flexibility index (Phi) is 7.55. The summed E-state index contributed by atoms with van der Waals surface area (Å²) in [4.78, 5) is 24.6. The van der Waals surface area contributed by atoms with Gasteiger partial charge in [0.1, 0.15) is 11.4 Å². The molecular formula is C17H21F6NO4. The first-order chi connectivity index (χ1) is 12.8. The number of rotatable bonds is 6. The minimum absolute atomic E-state index is 0.0900. The van der Waals surface area contributed by atoms with Crippen molar-refractivity contribution in [1.82, 2.24) is 5.32 Å². The molecular weight excluding hydrogens is 396 g/mol. The van der Waals surface area contributed by atoms with E-state index in [1.165, 1.54) is 33.0 Å². The molecule has 0 aliphatic carbocycles. The van der Waals surface area contributed by atoms with E-state index in [2.05, 4.69) is 9.47 Å². The van der Waals surface area contributed by atoms with Crippen molar-refractivity contribution in [3.8, 4) is 0 Å². The van der Waals surface area contributed by atoms with Crippen LogP contribution in [-0.2, 0) is 19.1 Å². The second-order valence-electron chi connectivity index (χ2n) is 6.00. The quantitative estimate of drug-likeness (QED) is 0.523. The minimum Gasteiger partial charge on any atom is -0.463 e. The van der Waals surface area contributed by atoms with E-state index in [1.54, 1.807) is 0 Å². The van der Waals surface area contributed by atoms with Crippen LogP contribution in [0.1, 0.15) is 34.1 Å². The van der Waals surface area contributed by atoms with Crippen LogP contribution in [0.15, 0.2) is 22.5 Å². The highest BCUT2D eigenvalue weighted by Crippen LogP contribution is 2.45. The highest BCUT2D eigenvalue weighted by molar-refractivity contribution is 5.98. The molecule has 1 aliphatic rings. The third-order valence-corrected chi connectivity index (χ3v) is 4.18. The number of allylic oxidation sites excluding steroid dienone is 2. The third-order valence-electron chi connectivity index (χ3n) is 4.18. The van der Waals surface area contributed by atoms with Crippen molar-refractivity contribution in [1.29, 1.82) is 0 Å². The third kappa shape index (κ3) is 4.99. The molecule has 5 nitrogen and oxygen atoms in total. The van der Waals surface area contributed by atoms with E-state index in [-0.39, 0.29) is 19.6 Å². The molecule has 0 fully saturated rings. The van der Waals surface area contributed by atoms with E-state index in [0.29, 0.717) is 0 Å². The number of dihydropyridines is 1. The van der Waals surface area contributed by atoms with Gasteiger partial charge in [0.2, 0.25) is 0 Å². The van der Waals surface area contributed by atoms with Crippen LogP contribution in [0.3, 0.4) is 0 Å². The molecule has 0 aromatic rings. The van der Waals surface area contributed by atoms with Gasteiger partial charge in [0.15, 0.2) is 0 Å². The number of nitrogens with one attached hydrogen (secondary N) is 1. The average Bonchev–Trinajstić information content (AvgIpc) is 2.57. The number of esters is 2. The molecule has 0 saturated heterocycles. The predicted molar refractivity (Wildman–Crippen MR) is 85.5 cm³/mol. The Morgan fingerprint density at radius 3 is 1.50 bits per heavy atom. The SMILES string of the molecule is CCOC(=O)C1=C(C(F)(F)F)NC(C(F)(F)F)=C(C(=O)OCC)C1C(C)CC. The van der Waals surface area contributed by atoms with Gasteiger partial charge in [0, 0.05) is 5.92 Å². The Morgan fingerprint density at radius 1 is 0.893 bits per heavy atom. The van der Waals surface area contributed by atoms with Gasteiger partial charge in [0.25, 0.3) is 0 Å². The minimum atomic E-state index is -5.31. The fourth-order valence-electron chi connectivity index (χ4n) is 2.84. The number of carbonyl (C=O) groups is 2. The lowest BCUT2D eigenvalue weighted by Crippen LogP contribution is -2.45. The first-order valence-electron chi connectivity index (χ1n) is 8.55. The van der Waals surface area contributed by atoms with Crippen molar-refractivity contribution in [2.45, 2.75) is 46.5 Å². The Morgan fingerprint density at radius 2 is 1.25 bits per heavy atom. The van der Waals surface area contributed by atoms with Crippen LogP contribution in [0.25, 0.3) is 0 Å². The van der Waals surface area contributed by atoms with Crippen molar-refractivity contribution in [2.75, 3.05) is 13.2 Å². The zero-order valence-corrected chi connectivity index (χ0v) is 15.7. The smallest absolute Gasteiger partial charge is 0.431 e. The Bertz CT molecular complexity index is 626. The molecule has 1 unspecified atom stereocenters. The number of alkyl halides is 6. The molecule has 1 aliphatic heterocycles. The second-order valence-corrected chi connectivity index (χ2v) is 6.00. The lowest BCUT2D eigenvalue weighted by molar-refractivity contribution is -0.145. The van der Waals surface area contributed by atoms with Crippen LogP contribution in [0, 0.1) is 11.8 Å². The topological polar surface area (TPSA) is 64.6 Å². The second kappa shape index (κ2) is 8.87. The van der Waals surface area contributed by atoms with E-state index < -0.39 is 58.7 Å². The van der Waals surface area contributed by atoms with Gasteiger partial charge in [-0.3, -0.25) is 0 Å². The lowest BCUT2D eigenvalue weighted by atomic mass is 9.75. The maximum Gasteiger partial charge on any atom is 0.431 e. The van der Waals surface area contributed by atoms with Gasteiger partial charge < -0.3 is 14.8 Å². The summed E-state index contributed by atoms with van der Waals surface area (Å²) in [6.07, 6.45) is -10.5. The fraction of sp³-hybridized carbons (Fsp3) is 0.647. The molecule has 0 aromatic carbocycles. The van der Waals surface area contributed by atoms with Gasteiger partial charge in [-0.05, 0) is 19.8 Å². The van der Waals surface area contributed by atoms with E-state index in [4.69, 9.17) is 0 Å².